The molecule has 1 heterocycles. The first kappa shape index (κ1) is 14.3. The molecule has 1 aromatic heterocycles. The molecule has 18 heavy (non-hydrogen) atoms. The molecule has 0 bridgehead atoms. The standard InChI is InChI=1S/C10H15F3N4O/c1-2-3-8-15-4-5-17(8)6-7(9(14)16-18)10(11,12)13/h4-5,7,18H,2-3,6H2,1H3,(H2,14,16). The average molecular weight is 264 g/mol. The van der Waals surface area contributed by atoms with Gasteiger partial charge in [0.2, 0.25) is 0 Å². The average Bonchev–Trinajstić information content (AvgIpc) is 2.71. The molecule has 5 nitrogen and oxygen atoms in total. The van der Waals surface area contributed by atoms with Crippen molar-refractivity contribution in [2.24, 2.45) is 16.8 Å². The fourth-order valence-corrected chi connectivity index (χ4v) is 1.59. The Hall–Kier alpha value is -1.73. The molecule has 0 aliphatic heterocycles. The van der Waals surface area contributed by atoms with Crippen molar-refractivity contribution >= 4 is 5.84 Å². The summed E-state index contributed by atoms with van der Waals surface area (Å²) in [5.74, 6) is -2.32. The van der Waals surface area contributed by atoms with Crippen LogP contribution >= 0.6 is 0 Å². The lowest BCUT2D eigenvalue weighted by Crippen LogP contribution is -2.39. The van der Waals surface area contributed by atoms with Crippen molar-refractivity contribution < 1.29 is 18.4 Å². The summed E-state index contributed by atoms with van der Waals surface area (Å²) >= 11 is 0. The summed E-state index contributed by atoms with van der Waals surface area (Å²) in [4.78, 5) is 3.98. The summed E-state index contributed by atoms with van der Waals surface area (Å²) in [6.45, 7) is 1.47. The second kappa shape index (κ2) is 5.74. The molecule has 0 aliphatic rings. The van der Waals surface area contributed by atoms with Crippen molar-refractivity contribution in [2.75, 3.05) is 0 Å². The molecule has 8 heteroatoms. The van der Waals surface area contributed by atoms with E-state index in [1.807, 2.05) is 6.92 Å². The molecule has 1 unspecified atom stereocenters. The number of imidazole rings is 1. The van der Waals surface area contributed by atoms with E-state index in [9.17, 15) is 13.2 Å². The highest BCUT2D eigenvalue weighted by Gasteiger charge is 2.43. The number of aromatic nitrogens is 2. The minimum absolute atomic E-state index is 0.436. The highest BCUT2D eigenvalue weighted by Crippen LogP contribution is 2.28. The van der Waals surface area contributed by atoms with Gasteiger partial charge in [-0.1, -0.05) is 12.1 Å². The van der Waals surface area contributed by atoms with Crippen molar-refractivity contribution in [3.05, 3.63) is 18.2 Å². The number of oxime groups is 1. The van der Waals surface area contributed by atoms with Crippen LogP contribution in [0.25, 0.3) is 0 Å². The Labute approximate surface area is 102 Å². The molecule has 3 N–H and O–H groups in total. The minimum atomic E-state index is -4.57. The second-order valence-electron chi connectivity index (χ2n) is 3.86. The van der Waals surface area contributed by atoms with Gasteiger partial charge in [0.15, 0.2) is 5.84 Å². The van der Waals surface area contributed by atoms with E-state index in [0.29, 0.717) is 12.2 Å². The van der Waals surface area contributed by atoms with Crippen LogP contribution < -0.4 is 5.73 Å². The summed E-state index contributed by atoms with van der Waals surface area (Å²) in [6, 6.07) is 0. The minimum Gasteiger partial charge on any atom is -0.409 e. The van der Waals surface area contributed by atoms with E-state index in [0.717, 1.165) is 6.42 Å². The fourth-order valence-electron chi connectivity index (χ4n) is 1.59. The fraction of sp³-hybridized carbons (Fsp3) is 0.600. The lowest BCUT2D eigenvalue weighted by Gasteiger charge is -2.20. The molecule has 1 aromatic rings. The molecule has 102 valence electrons. The van der Waals surface area contributed by atoms with Gasteiger partial charge >= 0.3 is 6.18 Å². The molecule has 0 aromatic carbocycles. The van der Waals surface area contributed by atoms with E-state index >= 15 is 0 Å². The highest BCUT2D eigenvalue weighted by atomic mass is 19.4. The van der Waals surface area contributed by atoms with Gasteiger partial charge in [-0.25, -0.2) is 4.98 Å². The summed E-state index contributed by atoms with van der Waals surface area (Å²) in [7, 11) is 0. The largest absolute Gasteiger partial charge is 0.409 e. The third-order valence-electron chi connectivity index (χ3n) is 2.52. The Morgan fingerprint density at radius 3 is 2.78 bits per heavy atom. The van der Waals surface area contributed by atoms with Gasteiger partial charge in [-0.15, -0.1) is 0 Å². The second-order valence-corrected chi connectivity index (χ2v) is 3.86. The molecule has 1 rings (SSSR count). The van der Waals surface area contributed by atoms with Crippen LogP contribution in [0.3, 0.4) is 0 Å². The van der Waals surface area contributed by atoms with Crippen molar-refractivity contribution in [1.29, 1.82) is 0 Å². The van der Waals surface area contributed by atoms with Crippen LogP contribution in [0.2, 0.25) is 0 Å². The monoisotopic (exact) mass is 264 g/mol. The van der Waals surface area contributed by atoms with Crippen LogP contribution in [0.5, 0.6) is 0 Å². The Morgan fingerprint density at radius 2 is 2.28 bits per heavy atom. The Balaban J connectivity index is 2.93. The van der Waals surface area contributed by atoms with Crippen LogP contribution in [0.4, 0.5) is 13.2 Å². The van der Waals surface area contributed by atoms with Crippen LogP contribution in [0.1, 0.15) is 19.2 Å². The number of rotatable bonds is 5. The molecule has 0 amide bonds. The zero-order valence-corrected chi connectivity index (χ0v) is 9.85. The van der Waals surface area contributed by atoms with Crippen LogP contribution in [-0.4, -0.2) is 26.8 Å². The van der Waals surface area contributed by atoms with Gasteiger partial charge in [0, 0.05) is 25.4 Å². The number of nitrogens with two attached hydrogens (primary N) is 1. The van der Waals surface area contributed by atoms with Gasteiger partial charge in [0.05, 0.1) is 0 Å². The molecule has 0 fully saturated rings. The quantitative estimate of drug-likeness (QED) is 0.368. The summed E-state index contributed by atoms with van der Waals surface area (Å²) in [5, 5.41) is 10.9. The Morgan fingerprint density at radius 1 is 1.61 bits per heavy atom. The zero-order valence-electron chi connectivity index (χ0n) is 9.85. The van der Waals surface area contributed by atoms with Crippen LogP contribution in [0.15, 0.2) is 17.5 Å². The topological polar surface area (TPSA) is 76.4 Å². The molecule has 0 saturated carbocycles. The van der Waals surface area contributed by atoms with Gasteiger partial charge in [0.1, 0.15) is 11.7 Å². The number of amidine groups is 1. The first-order chi connectivity index (χ1) is 8.40. The molecular weight excluding hydrogens is 249 g/mol. The van der Waals surface area contributed by atoms with E-state index in [2.05, 4.69) is 10.1 Å². The van der Waals surface area contributed by atoms with Crippen molar-refractivity contribution in [3.8, 4) is 0 Å². The van der Waals surface area contributed by atoms with Crippen LogP contribution in [-0.2, 0) is 13.0 Å². The van der Waals surface area contributed by atoms with Gasteiger partial charge in [-0.2, -0.15) is 13.2 Å². The van der Waals surface area contributed by atoms with E-state index < -0.39 is 24.5 Å². The molecule has 0 spiro atoms. The van der Waals surface area contributed by atoms with Gasteiger partial charge < -0.3 is 15.5 Å². The van der Waals surface area contributed by atoms with Gasteiger partial charge in [0.25, 0.3) is 0 Å². The van der Waals surface area contributed by atoms with E-state index in [1.165, 1.54) is 17.0 Å². The Bertz CT molecular complexity index is 414. The van der Waals surface area contributed by atoms with E-state index in [-0.39, 0.29) is 0 Å². The lowest BCUT2D eigenvalue weighted by molar-refractivity contribution is -0.159. The first-order valence-electron chi connectivity index (χ1n) is 5.44. The third kappa shape index (κ3) is 3.38. The van der Waals surface area contributed by atoms with Gasteiger partial charge in [-0.05, 0) is 6.42 Å². The summed E-state index contributed by atoms with van der Waals surface area (Å²) in [5.41, 5.74) is 5.09. The number of hydrogen-bond donors (Lipinski definition) is 2. The number of hydrogen-bond acceptors (Lipinski definition) is 3. The SMILES string of the molecule is CCCc1nccn1CC(/C(N)=N/O)C(F)(F)F. The zero-order chi connectivity index (χ0) is 13.8. The number of halogens is 3. The predicted octanol–water partition coefficient (Wildman–Crippen LogP) is 1.76. The maximum absolute atomic E-state index is 12.8. The Kier molecular flexibility index (Phi) is 4.57. The molecule has 0 saturated heterocycles. The van der Waals surface area contributed by atoms with Crippen LogP contribution in [0, 0.1) is 5.92 Å². The summed E-state index contributed by atoms with van der Waals surface area (Å²) in [6.07, 6.45) is -0.325. The summed E-state index contributed by atoms with van der Waals surface area (Å²) < 4.78 is 39.7. The predicted molar refractivity (Wildman–Crippen MR) is 59.2 cm³/mol. The number of nitrogens with zero attached hydrogens (tertiary/aromatic N) is 3. The number of aryl methyl sites for hydroxylation is 1. The maximum atomic E-state index is 12.8. The maximum Gasteiger partial charge on any atom is 0.400 e. The molecule has 1 atom stereocenters. The highest BCUT2D eigenvalue weighted by molar-refractivity contribution is 5.82. The smallest absolute Gasteiger partial charge is 0.400 e. The third-order valence-corrected chi connectivity index (χ3v) is 2.52. The molecule has 0 aliphatic carbocycles. The van der Waals surface area contributed by atoms with Gasteiger partial charge in [-0.3, -0.25) is 0 Å². The number of alkyl halides is 3. The first-order valence-corrected chi connectivity index (χ1v) is 5.44. The molecular formula is C10H15F3N4O. The van der Waals surface area contributed by atoms with E-state index in [1.54, 1.807) is 0 Å². The normalized spacial score (nSPS) is 14.8. The van der Waals surface area contributed by atoms with Crippen molar-refractivity contribution in [1.82, 2.24) is 9.55 Å². The van der Waals surface area contributed by atoms with E-state index in [4.69, 9.17) is 10.9 Å². The van der Waals surface area contributed by atoms with Crippen molar-refractivity contribution in [3.63, 3.8) is 0 Å². The molecule has 0 radical (unpaired) electrons. The lowest BCUT2D eigenvalue weighted by atomic mass is 10.1. The van der Waals surface area contributed by atoms with Crippen molar-refractivity contribution in [2.45, 2.75) is 32.5 Å².